The van der Waals surface area contributed by atoms with Crippen molar-refractivity contribution in [2.75, 3.05) is 7.11 Å². The lowest BCUT2D eigenvalue weighted by Crippen LogP contribution is -2.28. The molecule has 0 radical (unpaired) electrons. The van der Waals surface area contributed by atoms with Gasteiger partial charge in [0.25, 0.3) is 5.56 Å². The Labute approximate surface area is 201 Å². The molecule has 0 N–H and O–H groups in total. The SMILES string of the molecule is COc1cc2c(cc1-c1c(C)noc1C)cc(C(=O)c1ccccc1)c(=O)n2Cc1ccccn1. The van der Waals surface area contributed by atoms with Crippen molar-refractivity contribution in [1.29, 1.82) is 0 Å². The number of carbonyl (C=O) groups is 1. The Kier molecular flexibility index (Phi) is 5.74. The number of carbonyl (C=O) groups excluding carboxylic acids is 1. The summed E-state index contributed by atoms with van der Waals surface area (Å²) < 4.78 is 12.7. The zero-order valence-corrected chi connectivity index (χ0v) is 19.6. The zero-order valence-electron chi connectivity index (χ0n) is 19.6. The third kappa shape index (κ3) is 4.01. The molecule has 7 heteroatoms. The molecule has 0 aliphatic rings. The minimum Gasteiger partial charge on any atom is -0.496 e. The van der Waals surface area contributed by atoms with Crippen LogP contribution in [0.3, 0.4) is 0 Å². The first-order valence-corrected chi connectivity index (χ1v) is 11.2. The molecular formula is C28H23N3O4. The summed E-state index contributed by atoms with van der Waals surface area (Å²) in [6.45, 7) is 3.91. The van der Waals surface area contributed by atoms with E-state index >= 15 is 0 Å². The average Bonchev–Trinajstić information content (AvgIpc) is 3.23. The van der Waals surface area contributed by atoms with Gasteiger partial charge < -0.3 is 13.8 Å². The number of ether oxygens (including phenoxy) is 1. The molecule has 35 heavy (non-hydrogen) atoms. The Morgan fingerprint density at radius 1 is 1.03 bits per heavy atom. The number of nitrogens with zero attached hydrogens (tertiary/aromatic N) is 3. The lowest BCUT2D eigenvalue weighted by Gasteiger charge is -2.16. The number of hydrogen-bond acceptors (Lipinski definition) is 6. The van der Waals surface area contributed by atoms with Crippen molar-refractivity contribution in [2.45, 2.75) is 20.4 Å². The van der Waals surface area contributed by atoms with Crippen LogP contribution >= 0.6 is 0 Å². The van der Waals surface area contributed by atoms with Crippen LogP contribution in [0.25, 0.3) is 22.0 Å². The standard InChI is InChI=1S/C28H23N3O4/c1-17-26(18(2)35-30-17)22-13-20-14-23(27(32)19-9-5-4-6-10-19)28(33)31(24(20)15-25(22)34-3)16-21-11-7-8-12-29-21/h4-15H,16H2,1-3H3. The van der Waals surface area contributed by atoms with Crippen molar-refractivity contribution in [2.24, 2.45) is 0 Å². The van der Waals surface area contributed by atoms with Crippen LogP contribution in [-0.4, -0.2) is 27.6 Å². The summed E-state index contributed by atoms with van der Waals surface area (Å²) in [6, 6.07) is 19.7. The topological polar surface area (TPSA) is 87.2 Å². The van der Waals surface area contributed by atoms with Gasteiger partial charge in [-0.25, -0.2) is 0 Å². The van der Waals surface area contributed by atoms with Gasteiger partial charge in [0.1, 0.15) is 11.5 Å². The van der Waals surface area contributed by atoms with E-state index in [0.717, 1.165) is 22.2 Å². The fraction of sp³-hybridized carbons (Fsp3) is 0.143. The number of pyridine rings is 2. The summed E-state index contributed by atoms with van der Waals surface area (Å²) in [5.74, 6) is 0.896. The van der Waals surface area contributed by atoms with Gasteiger partial charge in [-0.1, -0.05) is 41.6 Å². The second kappa shape index (κ2) is 9.02. The number of aryl methyl sites for hydroxylation is 2. The molecule has 0 spiro atoms. The summed E-state index contributed by atoms with van der Waals surface area (Å²) in [4.78, 5) is 31.4. The predicted octanol–water partition coefficient (Wildman–Crippen LogP) is 4.96. The molecular weight excluding hydrogens is 442 g/mol. The summed E-state index contributed by atoms with van der Waals surface area (Å²) in [5.41, 5.74) is 3.82. The van der Waals surface area contributed by atoms with Crippen LogP contribution in [0.15, 0.2) is 82.2 Å². The van der Waals surface area contributed by atoms with Crippen molar-refractivity contribution in [1.82, 2.24) is 14.7 Å². The fourth-order valence-corrected chi connectivity index (χ4v) is 4.36. The van der Waals surface area contributed by atoms with E-state index in [-0.39, 0.29) is 23.5 Å². The maximum atomic E-state index is 13.7. The number of aromatic nitrogens is 3. The van der Waals surface area contributed by atoms with E-state index in [1.165, 1.54) is 0 Å². The van der Waals surface area contributed by atoms with Gasteiger partial charge in [-0.15, -0.1) is 0 Å². The van der Waals surface area contributed by atoms with E-state index in [0.29, 0.717) is 28.3 Å². The monoisotopic (exact) mass is 465 g/mol. The lowest BCUT2D eigenvalue weighted by molar-refractivity contribution is 0.103. The number of ketones is 1. The first-order valence-electron chi connectivity index (χ1n) is 11.2. The van der Waals surface area contributed by atoms with Crippen molar-refractivity contribution in [3.05, 3.63) is 112 Å². The van der Waals surface area contributed by atoms with Gasteiger partial charge in [0.05, 0.1) is 41.7 Å². The normalized spacial score (nSPS) is 11.1. The molecule has 0 saturated carbocycles. The van der Waals surface area contributed by atoms with E-state index in [4.69, 9.17) is 9.26 Å². The van der Waals surface area contributed by atoms with Crippen LogP contribution in [0.4, 0.5) is 0 Å². The van der Waals surface area contributed by atoms with Crippen LogP contribution in [0.2, 0.25) is 0 Å². The average molecular weight is 466 g/mol. The highest BCUT2D eigenvalue weighted by molar-refractivity contribution is 6.10. The highest BCUT2D eigenvalue weighted by atomic mass is 16.5. The molecule has 0 fully saturated rings. The quantitative estimate of drug-likeness (QED) is 0.330. The van der Waals surface area contributed by atoms with Crippen LogP contribution < -0.4 is 10.3 Å². The molecule has 0 amide bonds. The van der Waals surface area contributed by atoms with E-state index in [1.807, 2.05) is 50.2 Å². The van der Waals surface area contributed by atoms with Gasteiger partial charge in [-0.05, 0) is 38.1 Å². The van der Waals surface area contributed by atoms with Crippen LogP contribution in [0.1, 0.15) is 33.1 Å². The first-order chi connectivity index (χ1) is 17.0. The molecule has 174 valence electrons. The Hall–Kier alpha value is -4.52. The van der Waals surface area contributed by atoms with Crippen molar-refractivity contribution >= 4 is 16.7 Å². The van der Waals surface area contributed by atoms with Gasteiger partial charge in [0, 0.05) is 28.8 Å². The number of hydrogen-bond donors (Lipinski definition) is 0. The summed E-state index contributed by atoms with van der Waals surface area (Å²) in [6.07, 6.45) is 1.68. The number of methoxy groups -OCH3 is 1. The van der Waals surface area contributed by atoms with Gasteiger partial charge >= 0.3 is 0 Å². The molecule has 0 saturated heterocycles. The molecule has 0 bridgehead atoms. The third-order valence-corrected chi connectivity index (χ3v) is 6.04. The van der Waals surface area contributed by atoms with Crippen molar-refractivity contribution in [3.8, 4) is 16.9 Å². The molecule has 0 atom stereocenters. The molecule has 5 aromatic rings. The van der Waals surface area contributed by atoms with E-state index in [2.05, 4.69) is 10.1 Å². The predicted molar refractivity (Wildman–Crippen MR) is 133 cm³/mol. The smallest absolute Gasteiger partial charge is 0.262 e. The lowest BCUT2D eigenvalue weighted by atomic mass is 9.98. The maximum Gasteiger partial charge on any atom is 0.262 e. The van der Waals surface area contributed by atoms with Gasteiger partial charge in [-0.3, -0.25) is 14.6 Å². The molecule has 5 rings (SSSR count). The molecule has 2 aromatic carbocycles. The summed E-state index contributed by atoms with van der Waals surface area (Å²) in [7, 11) is 1.58. The second-order valence-electron chi connectivity index (χ2n) is 8.28. The Bertz CT molecular complexity index is 1580. The van der Waals surface area contributed by atoms with E-state index < -0.39 is 0 Å². The molecule has 3 aromatic heterocycles. The molecule has 0 unspecified atom stereocenters. The van der Waals surface area contributed by atoms with E-state index in [1.54, 1.807) is 48.2 Å². The van der Waals surface area contributed by atoms with Crippen molar-refractivity contribution in [3.63, 3.8) is 0 Å². The second-order valence-corrected chi connectivity index (χ2v) is 8.28. The molecule has 3 heterocycles. The minimum atomic E-state index is -0.385. The number of benzene rings is 2. The number of rotatable bonds is 6. The van der Waals surface area contributed by atoms with Crippen LogP contribution in [-0.2, 0) is 6.54 Å². The Morgan fingerprint density at radius 3 is 2.46 bits per heavy atom. The minimum absolute atomic E-state index is 0.0921. The highest BCUT2D eigenvalue weighted by Gasteiger charge is 2.22. The Balaban J connectivity index is 1.80. The fourth-order valence-electron chi connectivity index (χ4n) is 4.36. The first kappa shape index (κ1) is 22.3. The van der Waals surface area contributed by atoms with Gasteiger partial charge in [0.15, 0.2) is 5.78 Å². The maximum absolute atomic E-state index is 13.7. The zero-order chi connectivity index (χ0) is 24.5. The van der Waals surface area contributed by atoms with Crippen LogP contribution in [0, 0.1) is 13.8 Å². The van der Waals surface area contributed by atoms with Gasteiger partial charge in [-0.2, -0.15) is 0 Å². The molecule has 0 aliphatic heterocycles. The van der Waals surface area contributed by atoms with E-state index in [9.17, 15) is 9.59 Å². The molecule has 7 nitrogen and oxygen atoms in total. The van der Waals surface area contributed by atoms with Crippen LogP contribution in [0.5, 0.6) is 5.75 Å². The van der Waals surface area contributed by atoms with Gasteiger partial charge in [0.2, 0.25) is 0 Å². The largest absolute Gasteiger partial charge is 0.496 e. The third-order valence-electron chi connectivity index (χ3n) is 6.04. The summed E-state index contributed by atoms with van der Waals surface area (Å²) >= 11 is 0. The molecule has 0 aliphatic carbocycles. The summed E-state index contributed by atoms with van der Waals surface area (Å²) in [5, 5.41) is 4.79. The Morgan fingerprint density at radius 2 is 1.80 bits per heavy atom. The highest BCUT2D eigenvalue weighted by Crippen LogP contribution is 2.37. The van der Waals surface area contributed by atoms with Crippen molar-refractivity contribution < 1.29 is 14.1 Å². The number of fused-ring (bicyclic) bond motifs is 1.